The van der Waals surface area contributed by atoms with Gasteiger partial charge in [-0.05, 0) is 49.9 Å². The van der Waals surface area contributed by atoms with Gasteiger partial charge in [0.15, 0.2) is 0 Å². The Balaban J connectivity index is 1.59. The van der Waals surface area contributed by atoms with Crippen molar-refractivity contribution in [3.05, 3.63) is 24.3 Å². The van der Waals surface area contributed by atoms with Crippen LogP contribution >= 0.6 is 0 Å². The van der Waals surface area contributed by atoms with Crippen molar-refractivity contribution in [1.82, 2.24) is 5.32 Å². The molecule has 3 rings (SSSR count). The minimum Gasteiger partial charge on any atom is -0.335 e. The summed E-state index contributed by atoms with van der Waals surface area (Å²) in [5, 5.41) is 5.82. The maximum atomic E-state index is 12.1. The number of nitrogens with zero attached hydrogens (tertiary/aromatic N) is 1. The Kier molecular flexibility index (Phi) is 5.28. The van der Waals surface area contributed by atoms with Gasteiger partial charge >= 0.3 is 6.03 Å². The van der Waals surface area contributed by atoms with Crippen molar-refractivity contribution < 1.29 is 13.2 Å². The Morgan fingerprint density at radius 3 is 2.38 bits per heavy atom. The van der Waals surface area contributed by atoms with E-state index in [0.29, 0.717) is 17.9 Å². The van der Waals surface area contributed by atoms with E-state index in [0.717, 1.165) is 25.7 Å². The normalized spacial score (nSPS) is 21.2. The van der Waals surface area contributed by atoms with Crippen LogP contribution in [0.1, 0.15) is 44.9 Å². The Morgan fingerprint density at radius 1 is 1.00 bits per heavy atom. The monoisotopic (exact) mass is 351 g/mol. The summed E-state index contributed by atoms with van der Waals surface area (Å²) in [6, 6.07) is 7.06. The van der Waals surface area contributed by atoms with Gasteiger partial charge in [0.2, 0.25) is 10.0 Å². The highest BCUT2D eigenvalue weighted by Gasteiger charge is 2.25. The highest BCUT2D eigenvalue weighted by molar-refractivity contribution is 7.92. The van der Waals surface area contributed by atoms with Crippen LogP contribution < -0.4 is 14.9 Å². The molecule has 6 nitrogen and oxygen atoms in total. The summed E-state index contributed by atoms with van der Waals surface area (Å²) in [5.41, 5.74) is 1.33. The number of amides is 2. The zero-order chi connectivity index (χ0) is 17.0. The van der Waals surface area contributed by atoms with Crippen LogP contribution in [0.15, 0.2) is 24.3 Å². The number of hydrogen-bond acceptors (Lipinski definition) is 3. The molecule has 0 spiro atoms. The third-order valence-electron chi connectivity index (χ3n) is 4.70. The SMILES string of the molecule is O=C(Nc1ccc(N2CCCCS2(=O)=O)cc1)NC1CCCCC1. The highest BCUT2D eigenvalue weighted by Crippen LogP contribution is 2.25. The molecule has 7 heteroatoms. The first-order valence-corrected chi connectivity index (χ1v) is 10.3. The molecule has 2 N–H and O–H groups in total. The minimum atomic E-state index is -3.20. The minimum absolute atomic E-state index is 0.194. The lowest BCUT2D eigenvalue weighted by Crippen LogP contribution is -2.39. The quantitative estimate of drug-likeness (QED) is 0.878. The molecule has 1 aliphatic heterocycles. The fourth-order valence-electron chi connectivity index (χ4n) is 3.39. The number of rotatable bonds is 3. The summed E-state index contributed by atoms with van der Waals surface area (Å²) >= 11 is 0. The molecule has 1 saturated heterocycles. The third kappa shape index (κ3) is 4.20. The Labute approximate surface area is 143 Å². The second-order valence-corrected chi connectivity index (χ2v) is 8.59. The Hall–Kier alpha value is -1.76. The first kappa shape index (κ1) is 17.1. The van der Waals surface area contributed by atoms with Gasteiger partial charge in [0.1, 0.15) is 0 Å². The molecular formula is C17H25N3O3S. The molecule has 1 aromatic carbocycles. The third-order valence-corrected chi connectivity index (χ3v) is 6.57. The lowest BCUT2D eigenvalue weighted by atomic mass is 9.96. The molecule has 2 aliphatic rings. The van der Waals surface area contributed by atoms with E-state index < -0.39 is 10.0 Å². The number of carbonyl (C=O) groups excluding carboxylic acids is 1. The standard InChI is InChI=1S/C17H25N3O3S/c21-17(18-14-6-2-1-3-7-14)19-15-8-10-16(11-9-15)20-12-4-5-13-24(20,22)23/h8-11,14H,1-7,12-13H2,(H2,18,19,21). The van der Waals surface area contributed by atoms with Gasteiger partial charge in [-0.15, -0.1) is 0 Å². The molecular weight excluding hydrogens is 326 g/mol. The van der Waals surface area contributed by atoms with Gasteiger partial charge in [0.05, 0.1) is 11.4 Å². The molecule has 0 atom stereocenters. The maximum absolute atomic E-state index is 12.1. The number of urea groups is 1. The van der Waals surface area contributed by atoms with Gasteiger partial charge in [-0.1, -0.05) is 19.3 Å². The number of hydrogen-bond donors (Lipinski definition) is 2. The van der Waals surface area contributed by atoms with Crippen LogP contribution in [0.3, 0.4) is 0 Å². The zero-order valence-corrected chi connectivity index (χ0v) is 14.6. The average Bonchev–Trinajstić information content (AvgIpc) is 2.56. The maximum Gasteiger partial charge on any atom is 0.319 e. The van der Waals surface area contributed by atoms with Crippen LogP contribution in [0.5, 0.6) is 0 Å². The van der Waals surface area contributed by atoms with Gasteiger partial charge in [-0.2, -0.15) is 0 Å². The summed E-state index contributed by atoms with van der Waals surface area (Å²) < 4.78 is 25.7. The zero-order valence-electron chi connectivity index (χ0n) is 13.8. The number of sulfonamides is 1. The van der Waals surface area contributed by atoms with E-state index in [9.17, 15) is 13.2 Å². The summed E-state index contributed by atoms with van der Waals surface area (Å²) in [4.78, 5) is 12.0. The summed E-state index contributed by atoms with van der Waals surface area (Å²) in [6.45, 7) is 0.525. The summed E-state index contributed by atoms with van der Waals surface area (Å²) in [5.74, 6) is 0.205. The molecule has 1 aromatic rings. The van der Waals surface area contributed by atoms with E-state index in [1.165, 1.54) is 23.6 Å². The molecule has 1 saturated carbocycles. The number of nitrogens with one attached hydrogen (secondary N) is 2. The van der Waals surface area contributed by atoms with Crippen LogP contribution in [0.4, 0.5) is 16.2 Å². The second kappa shape index (κ2) is 7.42. The van der Waals surface area contributed by atoms with Gasteiger partial charge in [-0.3, -0.25) is 4.31 Å². The van der Waals surface area contributed by atoms with E-state index in [4.69, 9.17) is 0 Å². The largest absolute Gasteiger partial charge is 0.335 e. The van der Waals surface area contributed by atoms with Crippen LogP contribution in [-0.2, 0) is 10.0 Å². The predicted octanol–water partition coefficient (Wildman–Crippen LogP) is 3.07. The molecule has 1 aliphatic carbocycles. The molecule has 2 amide bonds. The van der Waals surface area contributed by atoms with Crippen molar-refractivity contribution in [2.24, 2.45) is 0 Å². The molecule has 1 heterocycles. The molecule has 2 fully saturated rings. The molecule has 132 valence electrons. The molecule has 24 heavy (non-hydrogen) atoms. The van der Waals surface area contributed by atoms with Crippen molar-refractivity contribution >= 4 is 27.4 Å². The van der Waals surface area contributed by atoms with E-state index in [-0.39, 0.29) is 17.8 Å². The van der Waals surface area contributed by atoms with Crippen LogP contribution in [0, 0.1) is 0 Å². The van der Waals surface area contributed by atoms with Gasteiger partial charge in [0.25, 0.3) is 0 Å². The molecule has 0 aromatic heterocycles. The predicted molar refractivity (Wildman–Crippen MR) is 95.8 cm³/mol. The van der Waals surface area contributed by atoms with E-state index >= 15 is 0 Å². The fourth-order valence-corrected chi connectivity index (χ4v) is 5.03. The molecule has 0 bridgehead atoms. The average molecular weight is 351 g/mol. The lowest BCUT2D eigenvalue weighted by molar-refractivity contribution is 0.244. The first-order valence-electron chi connectivity index (χ1n) is 8.73. The van der Waals surface area contributed by atoms with Gasteiger partial charge in [-0.25, -0.2) is 13.2 Å². The molecule has 0 radical (unpaired) electrons. The first-order chi connectivity index (χ1) is 11.5. The highest BCUT2D eigenvalue weighted by atomic mass is 32.2. The van der Waals surface area contributed by atoms with Crippen molar-refractivity contribution in [1.29, 1.82) is 0 Å². The van der Waals surface area contributed by atoms with E-state index in [2.05, 4.69) is 10.6 Å². The lowest BCUT2D eigenvalue weighted by Gasteiger charge is -2.28. The fraction of sp³-hybridized carbons (Fsp3) is 0.588. The summed E-state index contributed by atoms with van der Waals surface area (Å²) in [7, 11) is -3.20. The van der Waals surface area contributed by atoms with Crippen molar-refractivity contribution in [3.63, 3.8) is 0 Å². The smallest absolute Gasteiger partial charge is 0.319 e. The van der Waals surface area contributed by atoms with Crippen LogP contribution in [0.2, 0.25) is 0 Å². The second-order valence-electron chi connectivity index (χ2n) is 6.58. The number of carbonyl (C=O) groups is 1. The van der Waals surface area contributed by atoms with Crippen molar-refractivity contribution in [3.8, 4) is 0 Å². The Morgan fingerprint density at radius 2 is 1.71 bits per heavy atom. The summed E-state index contributed by atoms with van der Waals surface area (Å²) in [6.07, 6.45) is 7.27. The van der Waals surface area contributed by atoms with Crippen molar-refractivity contribution in [2.75, 3.05) is 21.9 Å². The number of benzene rings is 1. The Bertz CT molecular complexity index is 667. The number of anilines is 2. The topological polar surface area (TPSA) is 78.5 Å². The van der Waals surface area contributed by atoms with E-state index in [1.807, 2.05) is 0 Å². The van der Waals surface area contributed by atoms with Crippen LogP contribution in [-0.4, -0.2) is 32.8 Å². The van der Waals surface area contributed by atoms with Crippen molar-refractivity contribution in [2.45, 2.75) is 51.0 Å². The van der Waals surface area contributed by atoms with Gasteiger partial charge < -0.3 is 10.6 Å². The van der Waals surface area contributed by atoms with Gasteiger partial charge in [0, 0.05) is 18.3 Å². The molecule has 0 unspecified atom stereocenters. The van der Waals surface area contributed by atoms with E-state index in [1.54, 1.807) is 24.3 Å². The van der Waals surface area contributed by atoms with Crippen LogP contribution in [0.25, 0.3) is 0 Å².